The van der Waals surface area contributed by atoms with Gasteiger partial charge in [0.1, 0.15) is 12.2 Å². The largest absolute Gasteiger partial charge is 0.496 e. The molecule has 0 unspecified atom stereocenters. The monoisotopic (exact) mass is 273 g/mol. The number of anilines is 1. The molecule has 0 spiro atoms. The van der Waals surface area contributed by atoms with E-state index in [4.69, 9.17) is 15.0 Å². The van der Waals surface area contributed by atoms with Gasteiger partial charge < -0.3 is 15.0 Å². The molecule has 0 aliphatic carbocycles. The fourth-order valence-corrected chi connectivity index (χ4v) is 1.50. The highest BCUT2D eigenvalue weighted by Gasteiger charge is 2.31. The number of rotatable bonds is 3. The molecular weight excluding hydrogens is 263 g/mol. The van der Waals surface area contributed by atoms with Gasteiger partial charge in [-0.25, -0.2) is 0 Å². The molecule has 1 aromatic carbocycles. The Hall–Kier alpha value is -2.25. The zero-order valence-electron chi connectivity index (χ0n) is 9.86. The highest BCUT2D eigenvalue weighted by atomic mass is 19.4. The molecule has 2 N–H and O–H groups in total. The SMILES string of the molecule is COc1cc(N)ccc1-c1nc(CC(F)(F)F)no1. The first kappa shape index (κ1) is 13.2. The van der Waals surface area contributed by atoms with E-state index in [2.05, 4.69) is 10.1 Å². The molecule has 0 saturated heterocycles. The topological polar surface area (TPSA) is 74.2 Å². The van der Waals surface area contributed by atoms with Gasteiger partial charge in [0.2, 0.25) is 0 Å². The standard InChI is InChI=1S/C11H10F3N3O2/c1-18-8-4-6(15)2-3-7(8)10-16-9(17-19-10)5-11(12,13)14/h2-4H,5,15H2,1H3. The van der Waals surface area contributed by atoms with Crippen molar-refractivity contribution in [2.45, 2.75) is 12.6 Å². The molecule has 2 aromatic rings. The molecule has 1 aromatic heterocycles. The van der Waals surface area contributed by atoms with E-state index in [-0.39, 0.29) is 5.89 Å². The van der Waals surface area contributed by atoms with Crippen molar-refractivity contribution in [2.75, 3.05) is 12.8 Å². The molecule has 102 valence electrons. The van der Waals surface area contributed by atoms with Crippen LogP contribution in [0.2, 0.25) is 0 Å². The van der Waals surface area contributed by atoms with Crippen LogP contribution < -0.4 is 10.5 Å². The van der Waals surface area contributed by atoms with Crippen LogP contribution in [0.1, 0.15) is 5.82 Å². The molecule has 0 saturated carbocycles. The van der Waals surface area contributed by atoms with Crippen LogP contribution in [0.5, 0.6) is 5.75 Å². The normalized spacial score (nSPS) is 11.6. The summed E-state index contributed by atoms with van der Waals surface area (Å²) >= 11 is 0. The molecule has 0 amide bonds. The van der Waals surface area contributed by atoms with Gasteiger partial charge in [-0.2, -0.15) is 18.2 Å². The number of hydrogen-bond donors (Lipinski definition) is 1. The molecule has 1 heterocycles. The minimum atomic E-state index is -4.38. The van der Waals surface area contributed by atoms with Crippen molar-refractivity contribution in [3.05, 3.63) is 24.0 Å². The van der Waals surface area contributed by atoms with E-state index in [0.29, 0.717) is 17.0 Å². The number of nitrogens with zero attached hydrogens (tertiary/aromatic N) is 2. The van der Waals surface area contributed by atoms with E-state index in [9.17, 15) is 13.2 Å². The average molecular weight is 273 g/mol. The van der Waals surface area contributed by atoms with Gasteiger partial charge in [-0.05, 0) is 12.1 Å². The number of alkyl halides is 3. The van der Waals surface area contributed by atoms with Gasteiger partial charge in [-0.3, -0.25) is 0 Å². The lowest BCUT2D eigenvalue weighted by Crippen LogP contribution is -2.12. The van der Waals surface area contributed by atoms with Crippen molar-refractivity contribution in [1.82, 2.24) is 10.1 Å². The van der Waals surface area contributed by atoms with E-state index >= 15 is 0 Å². The lowest BCUT2D eigenvalue weighted by Gasteiger charge is -2.05. The Balaban J connectivity index is 2.33. The lowest BCUT2D eigenvalue weighted by atomic mass is 10.2. The van der Waals surface area contributed by atoms with Gasteiger partial charge in [0.25, 0.3) is 5.89 Å². The summed E-state index contributed by atoms with van der Waals surface area (Å²) in [6.07, 6.45) is -5.62. The maximum Gasteiger partial charge on any atom is 0.396 e. The highest BCUT2D eigenvalue weighted by molar-refractivity contribution is 5.66. The Bertz CT molecular complexity index is 581. The first-order chi connectivity index (χ1) is 8.89. The molecule has 0 radical (unpaired) electrons. The van der Waals surface area contributed by atoms with Crippen LogP contribution in [-0.2, 0) is 6.42 Å². The zero-order chi connectivity index (χ0) is 14.0. The van der Waals surface area contributed by atoms with E-state index in [1.165, 1.54) is 13.2 Å². The number of hydrogen-bond acceptors (Lipinski definition) is 5. The smallest absolute Gasteiger partial charge is 0.396 e. The quantitative estimate of drug-likeness (QED) is 0.869. The van der Waals surface area contributed by atoms with Gasteiger partial charge in [-0.15, -0.1) is 0 Å². The Morgan fingerprint density at radius 3 is 2.74 bits per heavy atom. The van der Waals surface area contributed by atoms with Crippen LogP contribution in [0.25, 0.3) is 11.5 Å². The Morgan fingerprint density at radius 2 is 2.11 bits per heavy atom. The zero-order valence-corrected chi connectivity index (χ0v) is 9.86. The molecule has 0 fully saturated rings. The lowest BCUT2D eigenvalue weighted by molar-refractivity contribution is -0.128. The first-order valence-electron chi connectivity index (χ1n) is 5.22. The molecule has 5 nitrogen and oxygen atoms in total. The average Bonchev–Trinajstić information content (AvgIpc) is 2.74. The van der Waals surface area contributed by atoms with Crippen molar-refractivity contribution in [3.8, 4) is 17.2 Å². The number of methoxy groups -OCH3 is 1. The van der Waals surface area contributed by atoms with Crippen molar-refractivity contribution < 1.29 is 22.4 Å². The molecule has 0 aliphatic rings. The Labute approximate surface area is 106 Å². The third-order valence-electron chi connectivity index (χ3n) is 2.28. The van der Waals surface area contributed by atoms with Gasteiger partial charge in [-0.1, -0.05) is 5.16 Å². The fraction of sp³-hybridized carbons (Fsp3) is 0.273. The predicted octanol–water partition coefficient (Wildman–Crippen LogP) is 2.43. The minimum Gasteiger partial charge on any atom is -0.496 e. The molecule has 0 atom stereocenters. The maximum absolute atomic E-state index is 12.2. The molecular formula is C11H10F3N3O2. The van der Waals surface area contributed by atoms with Crippen molar-refractivity contribution in [3.63, 3.8) is 0 Å². The second-order valence-electron chi connectivity index (χ2n) is 3.77. The van der Waals surface area contributed by atoms with E-state index < -0.39 is 18.4 Å². The number of nitrogen functional groups attached to an aromatic ring is 1. The Kier molecular flexibility index (Phi) is 3.32. The number of halogens is 3. The van der Waals surface area contributed by atoms with Crippen LogP contribution in [-0.4, -0.2) is 23.4 Å². The highest BCUT2D eigenvalue weighted by Crippen LogP contribution is 2.31. The summed E-state index contributed by atoms with van der Waals surface area (Å²) < 4.78 is 46.4. The number of aromatic nitrogens is 2. The maximum atomic E-state index is 12.2. The second-order valence-corrected chi connectivity index (χ2v) is 3.77. The van der Waals surface area contributed by atoms with Gasteiger partial charge in [0, 0.05) is 11.8 Å². The third-order valence-corrected chi connectivity index (χ3v) is 2.28. The number of ether oxygens (including phenoxy) is 1. The third kappa shape index (κ3) is 3.15. The van der Waals surface area contributed by atoms with Crippen molar-refractivity contribution >= 4 is 5.69 Å². The fourth-order valence-electron chi connectivity index (χ4n) is 1.50. The summed E-state index contributed by atoms with van der Waals surface area (Å²) in [4.78, 5) is 3.69. The van der Waals surface area contributed by atoms with E-state index in [1.807, 2.05) is 0 Å². The minimum absolute atomic E-state index is 0.0453. The summed E-state index contributed by atoms with van der Waals surface area (Å²) in [7, 11) is 1.41. The van der Waals surface area contributed by atoms with E-state index in [0.717, 1.165) is 0 Å². The molecule has 0 aliphatic heterocycles. The predicted molar refractivity (Wildman–Crippen MR) is 60.5 cm³/mol. The summed E-state index contributed by atoms with van der Waals surface area (Å²) in [6, 6.07) is 4.62. The molecule has 8 heteroatoms. The summed E-state index contributed by atoms with van der Waals surface area (Å²) in [5, 5.41) is 3.28. The number of nitrogens with two attached hydrogens (primary N) is 1. The van der Waals surface area contributed by atoms with Crippen LogP contribution in [0.3, 0.4) is 0 Å². The van der Waals surface area contributed by atoms with E-state index in [1.54, 1.807) is 12.1 Å². The van der Waals surface area contributed by atoms with Crippen LogP contribution in [0, 0.1) is 0 Å². The van der Waals surface area contributed by atoms with Gasteiger partial charge >= 0.3 is 6.18 Å². The van der Waals surface area contributed by atoms with Crippen LogP contribution in [0.4, 0.5) is 18.9 Å². The van der Waals surface area contributed by atoms with Crippen molar-refractivity contribution in [1.29, 1.82) is 0 Å². The summed E-state index contributed by atoms with van der Waals surface area (Å²) in [5.74, 6) is -0.125. The molecule has 19 heavy (non-hydrogen) atoms. The van der Waals surface area contributed by atoms with Gasteiger partial charge in [0.05, 0.1) is 12.7 Å². The van der Waals surface area contributed by atoms with Crippen LogP contribution in [0.15, 0.2) is 22.7 Å². The second kappa shape index (κ2) is 4.79. The first-order valence-corrected chi connectivity index (χ1v) is 5.22. The summed E-state index contributed by atoms with van der Waals surface area (Å²) in [5.41, 5.74) is 6.42. The van der Waals surface area contributed by atoms with Gasteiger partial charge in [0.15, 0.2) is 5.82 Å². The number of benzene rings is 1. The van der Waals surface area contributed by atoms with Crippen LogP contribution >= 0.6 is 0 Å². The molecule has 0 bridgehead atoms. The molecule has 2 rings (SSSR count). The van der Waals surface area contributed by atoms with Crippen molar-refractivity contribution in [2.24, 2.45) is 0 Å². The Morgan fingerprint density at radius 1 is 1.37 bits per heavy atom. The summed E-state index contributed by atoms with van der Waals surface area (Å²) in [6.45, 7) is 0.